The number of piperidine rings is 1. The Morgan fingerprint density at radius 2 is 2.17 bits per heavy atom. The minimum atomic E-state index is 0.301. The van der Waals surface area contributed by atoms with Crippen molar-refractivity contribution in [2.45, 2.75) is 18.9 Å². The van der Waals surface area contributed by atoms with E-state index in [0.717, 1.165) is 37.4 Å². The van der Waals surface area contributed by atoms with Gasteiger partial charge >= 0.3 is 0 Å². The molecule has 0 unspecified atom stereocenters. The number of benzene rings is 1. The van der Waals surface area contributed by atoms with Crippen LogP contribution in [0.5, 0.6) is 5.75 Å². The van der Waals surface area contributed by atoms with Crippen LogP contribution < -0.4 is 10.1 Å². The summed E-state index contributed by atoms with van der Waals surface area (Å²) >= 11 is 0. The fourth-order valence-electron chi connectivity index (χ4n) is 2.08. The number of rotatable bonds is 3. The summed E-state index contributed by atoms with van der Waals surface area (Å²) < 4.78 is 7.59. The summed E-state index contributed by atoms with van der Waals surface area (Å²) in [6.07, 6.45) is 3.98. The van der Waals surface area contributed by atoms with Gasteiger partial charge in [-0.3, -0.25) is 0 Å². The average Bonchev–Trinajstić information content (AvgIpc) is 2.94. The van der Waals surface area contributed by atoms with Gasteiger partial charge in [-0.2, -0.15) is 0 Å². The van der Waals surface area contributed by atoms with Crippen molar-refractivity contribution in [2.75, 3.05) is 13.1 Å². The molecule has 1 aliphatic heterocycles. The van der Waals surface area contributed by atoms with Gasteiger partial charge in [0.15, 0.2) is 0 Å². The number of hydrogen-bond acceptors (Lipinski definition) is 5. The Morgan fingerprint density at radius 3 is 2.94 bits per heavy atom. The lowest BCUT2D eigenvalue weighted by atomic mass is 10.1. The van der Waals surface area contributed by atoms with Crippen LogP contribution in [-0.4, -0.2) is 39.4 Å². The molecule has 1 saturated heterocycles. The van der Waals surface area contributed by atoms with Crippen molar-refractivity contribution in [2.24, 2.45) is 0 Å². The first-order chi connectivity index (χ1) is 8.92. The minimum absolute atomic E-state index is 0.301. The summed E-state index contributed by atoms with van der Waals surface area (Å²) in [6, 6.07) is 7.83. The first kappa shape index (κ1) is 11.2. The van der Waals surface area contributed by atoms with Crippen molar-refractivity contribution in [1.82, 2.24) is 25.5 Å². The van der Waals surface area contributed by atoms with E-state index in [-0.39, 0.29) is 0 Å². The van der Waals surface area contributed by atoms with Crippen LogP contribution in [0, 0.1) is 0 Å². The molecule has 6 nitrogen and oxygen atoms in total. The molecule has 0 amide bonds. The van der Waals surface area contributed by atoms with Gasteiger partial charge in [0.1, 0.15) is 18.2 Å². The van der Waals surface area contributed by atoms with Crippen molar-refractivity contribution in [3.8, 4) is 11.4 Å². The molecule has 94 valence electrons. The average molecular weight is 245 g/mol. The highest BCUT2D eigenvalue weighted by Crippen LogP contribution is 2.19. The Kier molecular flexibility index (Phi) is 3.18. The van der Waals surface area contributed by atoms with Gasteiger partial charge in [0.05, 0.1) is 5.69 Å². The van der Waals surface area contributed by atoms with Crippen LogP contribution in [0.4, 0.5) is 0 Å². The predicted octanol–water partition coefficient (Wildman–Crippen LogP) is 0.793. The highest BCUT2D eigenvalue weighted by Gasteiger charge is 2.14. The van der Waals surface area contributed by atoms with Gasteiger partial charge in [-0.1, -0.05) is 6.07 Å². The zero-order chi connectivity index (χ0) is 12.2. The SMILES string of the molecule is c1cc(OC2CCNCC2)cc(-n2cnnn2)c1. The van der Waals surface area contributed by atoms with Gasteiger partial charge in [-0.25, -0.2) is 4.68 Å². The van der Waals surface area contributed by atoms with Gasteiger partial charge in [-0.15, -0.1) is 5.10 Å². The normalized spacial score (nSPS) is 16.7. The minimum Gasteiger partial charge on any atom is -0.490 e. The van der Waals surface area contributed by atoms with Crippen LogP contribution in [0.3, 0.4) is 0 Å². The van der Waals surface area contributed by atoms with Crippen LogP contribution >= 0.6 is 0 Å². The lowest BCUT2D eigenvalue weighted by molar-refractivity contribution is 0.162. The van der Waals surface area contributed by atoms with E-state index in [1.165, 1.54) is 0 Å². The van der Waals surface area contributed by atoms with Crippen molar-refractivity contribution >= 4 is 0 Å². The lowest BCUT2D eigenvalue weighted by Gasteiger charge is -2.23. The smallest absolute Gasteiger partial charge is 0.143 e. The zero-order valence-corrected chi connectivity index (χ0v) is 9.99. The Balaban J connectivity index is 1.74. The third-order valence-corrected chi connectivity index (χ3v) is 3.02. The maximum Gasteiger partial charge on any atom is 0.143 e. The molecule has 2 heterocycles. The monoisotopic (exact) mass is 245 g/mol. The van der Waals surface area contributed by atoms with E-state index in [2.05, 4.69) is 20.8 Å². The molecule has 0 atom stereocenters. The van der Waals surface area contributed by atoms with Crippen LogP contribution in [0.1, 0.15) is 12.8 Å². The van der Waals surface area contributed by atoms with Crippen molar-refractivity contribution in [3.63, 3.8) is 0 Å². The van der Waals surface area contributed by atoms with Crippen molar-refractivity contribution in [1.29, 1.82) is 0 Å². The molecule has 0 bridgehead atoms. The van der Waals surface area contributed by atoms with Gasteiger partial charge in [0.2, 0.25) is 0 Å². The van der Waals surface area contributed by atoms with E-state index in [1.807, 2.05) is 24.3 Å². The Morgan fingerprint density at radius 1 is 1.28 bits per heavy atom. The van der Waals surface area contributed by atoms with E-state index in [0.29, 0.717) is 6.10 Å². The lowest BCUT2D eigenvalue weighted by Crippen LogP contribution is -2.34. The van der Waals surface area contributed by atoms with Crippen LogP contribution in [0.15, 0.2) is 30.6 Å². The Labute approximate surface area is 105 Å². The molecule has 0 spiro atoms. The first-order valence-electron chi connectivity index (χ1n) is 6.12. The summed E-state index contributed by atoms with van der Waals surface area (Å²) in [5.74, 6) is 0.870. The summed E-state index contributed by atoms with van der Waals surface area (Å²) in [6.45, 7) is 2.05. The third kappa shape index (κ3) is 2.48. The molecule has 1 fully saturated rings. The molecule has 6 heteroatoms. The second kappa shape index (κ2) is 5.14. The maximum absolute atomic E-state index is 5.97. The number of ether oxygens (including phenoxy) is 1. The summed E-state index contributed by atoms with van der Waals surface area (Å²) in [4.78, 5) is 0. The molecule has 1 aromatic carbocycles. The standard InChI is InChI=1S/C12H15N5O/c1-2-10(17-9-14-15-16-17)8-12(3-1)18-11-4-6-13-7-5-11/h1-3,8-9,11,13H,4-7H2. The van der Waals surface area contributed by atoms with Crippen molar-refractivity contribution < 1.29 is 4.74 Å². The quantitative estimate of drug-likeness (QED) is 0.866. The Bertz CT molecular complexity index is 493. The molecule has 0 radical (unpaired) electrons. The van der Waals surface area contributed by atoms with Gasteiger partial charge < -0.3 is 10.1 Å². The summed E-state index contributed by atoms with van der Waals surface area (Å²) in [5, 5.41) is 14.4. The molecule has 1 aromatic heterocycles. The second-order valence-corrected chi connectivity index (χ2v) is 4.32. The molecule has 1 aliphatic rings. The van der Waals surface area contributed by atoms with Crippen LogP contribution in [-0.2, 0) is 0 Å². The van der Waals surface area contributed by atoms with Crippen molar-refractivity contribution in [3.05, 3.63) is 30.6 Å². The van der Waals surface area contributed by atoms with E-state index in [4.69, 9.17) is 4.74 Å². The third-order valence-electron chi connectivity index (χ3n) is 3.02. The second-order valence-electron chi connectivity index (χ2n) is 4.32. The number of nitrogens with zero attached hydrogens (tertiary/aromatic N) is 4. The largest absolute Gasteiger partial charge is 0.490 e. The highest BCUT2D eigenvalue weighted by molar-refractivity contribution is 5.38. The van der Waals surface area contributed by atoms with E-state index >= 15 is 0 Å². The fraction of sp³-hybridized carbons (Fsp3) is 0.417. The maximum atomic E-state index is 5.97. The van der Waals surface area contributed by atoms with Crippen LogP contribution in [0.2, 0.25) is 0 Å². The zero-order valence-electron chi connectivity index (χ0n) is 9.99. The number of tetrazole rings is 1. The highest BCUT2D eigenvalue weighted by atomic mass is 16.5. The fourth-order valence-corrected chi connectivity index (χ4v) is 2.08. The molecule has 2 aromatic rings. The first-order valence-corrected chi connectivity index (χ1v) is 6.12. The molecular formula is C12H15N5O. The van der Waals surface area contributed by atoms with Gasteiger partial charge in [0, 0.05) is 6.07 Å². The van der Waals surface area contributed by atoms with Gasteiger partial charge in [-0.05, 0) is 48.5 Å². The summed E-state index contributed by atoms with van der Waals surface area (Å²) in [7, 11) is 0. The van der Waals surface area contributed by atoms with Gasteiger partial charge in [0.25, 0.3) is 0 Å². The number of hydrogen-bond donors (Lipinski definition) is 1. The molecule has 3 rings (SSSR count). The topological polar surface area (TPSA) is 64.9 Å². The molecule has 0 aliphatic carbocycles. The molecule has 18 heavy (non-hydrogen) atoms. The molecule has 1 N–H and O–H groups in total. The Hall–Kier alpha value is -1.95. The van der Waals surface area contributed by atoms with E-state index in [9.17, 15) is 0 Å². The van der Waals surface area contributed by atoms with E-state index < -0.39 is 0 Å². The summed E-state index contributed by atoms with van der Waals surface area (Å²) in [5.41, 5.74) is 0.909. The number of nitrogens with one attached hydrogen (secondary N) is 1. The predicted molar refractivity (Wildman–Crippen MR) is 65.7 cm³/mol. The molecule has 0 saturated carbocycles. The number of aromatic nitrogens is 4. The van der Waals surface area contributed by atoms with Crippen LogP contribution in [0.25, 0.3) is 5.69 Å². The molecular weight excluding hydrogens is 230 g/mol. The van der Waals surface area contributed by atoms with E-state index in [1.54, 1.807) is 11.0 Å².